The zero-order valence-electron chi connectivity index (χ0n) is 12.9. The van der Waals surface area contributed by atoms with E-state index >= 15 is 0 Å². The van der Waals surface area contributed by atoms with Gasteiger partial charge in [-0.05, 0) is 43.7 Å². The van der Waals surface area contributed by atoms with Crippen molar-refractivity contribution in [2.75, 3.05) is 0 Å². The van der Waals surface area contributed by atoms with E-state index in [9.17, 15) is 4.79 Å². The van der Waals surface area contributed by atoms with E-state index in [0.29, 0.717) is 10.7 Å². The Labute approximate surface area is 139 Å². The number of benzene rings is 1. The van der Waals surface area contributed by atoms with Gasteiger partial charge in [-0.25, -0.2) is 4.98 Å². The number of hydrogen-bond donors (Lipinski definition) is 1. The summed E-state index contributed by atoms with van der Waals surface area (Å²) >= 11 is 5.83. The van der Waals surface area contributed by atoms with Gasteiger partial charge in [0.1, 0.15) is 5.69 Å². The average Bonchev–Trinajstić information content (AvgIpc) is 2.55. The van der Waals surface area contributed by atoms with Gasteiger partial charge < -0.3 is 5.32 Å². The van der Waals surface area contributed by atoms with Crippen LogP contribution in [0.15, 0.2) is 48.7 Å². The molecule has 0 aliphatic carbocycles. The van der Waals surface area contributed by atoms with Gasteiger partial charge in [-0.3, -0.25) is 9.78 Å². The Morgan fingerprint density at radius 1 is 1.22 bits per heavy atom. The number of nitrogens with one attached hydrogen (secondary N) is 1. The number of aryl methyl sites for hydroxylation is 1. The Bertz CT molecular complexity index is 862. The van der Waals surface area contributed by atoms with Gasteiger partial charge >= 0.3 is 0 Å². The average molecular weight is 326 g/mol. The molecule has 0 saturated carbocycles. The summed E-state index contributed by atoms with van der Waals surface area (Å²) in [6.07, 6.45) is 1.57. The monoisotopic (exact) mass is 325 g/mol. The summed E-state index contributed by atoms with van der Waals surface area (Å²) in [7, 11) is 0. The first kappa shape index (κ1) is 15.4. The predicted molar refractivity (Wildman–Crippen MR) is 91.6 cm³/mol. The molecule has 1 amide bonds. The first-order valence-corrected chi connectivity index (χ1v) is 7.71. The van der Waals surface area contributed by atoms with Gasteiger partial charge in [-0.2, -0.15) is 0 Å². The second-order valence-corrected chi connectivity index (χ2v) is 5.87. The van der Waals surface area contributed by atoms with Crippen LogP contribution in [0.4, 0.5) is 0 Å². The van der Waals surface area contributed by atoms with E-state index < -0.39 is 0 Å². The molecule has 0 unspecified atom stereocenters. The third-order valence-electron chi connectivity index (χ3n) is 3.70. The Hall–Kier alpha value is -2.46. The van der Waals surface area contributed by atoms with Crippen molar-refractivity contribution < 1.29 is 4.79 Å². The molecule has 1 atom stereocenters. The molecule has 3 rings (SSSR count). The van der Waals surface area contributed by atoms with Crippen molar-refractivity contribution in [2.45, 2.75) is 19.9 Å². The molecule has 0 bridgehead atoms. The third kappa shape index (κ3) is 3.32. The first-order valence-electron chi connectivity index (χ1n) is 7.33. The molecule has 5 heteroatoms. The Morgan fingerprint density at radius 2 is 2.00 bits per heavy atom. The molecule has 1 N–H and O–H groups in total. The number of amides is 1. The summed E-state index contributed by atoms with van der Waals surface area (Å²) in [5.41, 5.74) is 3.00. The van der Waals surface area contributed by atoms with E-state index in [4.69, 9.17) is 11.6 Å². The van der Waals surface area contributed by atoms with E-state index in [1.165, 1.54) is 0 Å². The van der Waals surface area contributed by atoms with Crippen LogP contribution in [0.3, 0.4) is 0 Å². The zero-order chi connectivity index (χ0) is 16.4. The topological polar surface area (TPSA) is 54.9 Å². The van der Waals surface area contributed by atoms with Gasteiger partial charge in [0.15, 0.2) is 0 Å². The molecule has 2 aromatic heterocycles. The van der Waals surface area contributed by atoms with E-state index in [1.54, 1.807) is 24.4 Å². The van der Waals surface area contributed by atoms with Gasteiger partial charge in [0.25, 0.3) is 5.91 Å². The van der Waals surface area contributed by atoms with Crippen LogP contribution in [0.1, 0.15) is 34.7 Å². The van der Waals surface area contributed by atoms with Gasteiger partial charge in [-0.1, -0.05) is 29.8 Å². The second-order valence-electron chi connectivity index (χ2n) is 5.44. The van der Waals surface area contributed by atoms with E-state index in [0.717, 1.165) is 22.2 Å². The molecule has 1 aromatic carbocycles. The summed E-state index contributed by atoms with van der Waals surface area (Å²) in [6, 6.07) is 12.9. The van der Waals surface area contributed by atoms with Crippen molar-refractivity contribution >= 4 is 28.4 Å². The number of carbonyl (C=O) groups is 1. The molecule has 0 radical (unpaired) electrons. The van der Waals surface area contributed by atoms with Crippen molar-refractivity contribution in [2.24, 2.45) is 0 Å². The summed E-state index contributed by atoms with van der Waals surface area (Å²) in [6.45, 7) is 3.85. The molecule has 4 nitrogen and oxygen atoms in total. The van der Waals surface area contributed by atoms with E-state index in [1.807, 2.05) is 38.1 Å². The molecule has 0 fully saturated rings. The standard InChI is InChI=1S/C18H16ClN3O/c1-11-9-17(22-16-6-4-3-5-14(11)16)18(23)21-12(2)15-8-7-13(19)10-20-15/h3-10,12H,1-2H3,(H,21,23)/t12-/m0/s1. The quantitative estimate of drug-likeness (QED) is 0.789. The number of pyridine rings is 2. The predicted octanol–water partition coefficient (Wildman–Crippen LogP) is 4.08. The number of rotatable bonds is 3. The van der Waals surface area contributed by atoms with Crippen LogP contribution in [0.5, 0.6) is 0 Å². The minimum atomic E-state index is -0.228. The fraction of sp³-hybridized carbons (Fsp3) is 0.167. The number of fused-ring (bicyclic) bond motifs is 1. The van der Waals surface area contributed by atoms with Crippen molar-refractivity contribution in [3.05, 3.63) is 70.6 Å². The third-order valence-corrected chi connectivity index (χ3v) is 3.92. The highest BCUT2D eigenvalue weighted by molar-refractivity contribution is 6.30. The fourth-order valence-corrected chi connectivity index (χ4v) is 2.57. The lowest BCUT2D eigenvalue weighted by molar-refractivity contribution is 0.0934. The Morgan fingerprint density at radius 3 is 2.74 bits per heavy atom. The largest absolute Gasteiger partial charge is 0.343 e. The van der Waals surface area contributed by atoms with Crippen molar-refractivity contribution in [1.82, 2.24) is 15.3 Å². The fourth-order valence-electron chi connectivity index (χ4n) is 2.45. The molecule has 2 heterocycles. The molecule has 23 heavy (non-hydrogen) atoms. The molecule has 0 aliphatic heterocycles. The van der Waals surface area contributed by atoms with Crippen LogP contribution >= 0.6 is 11.6 Å². The maximum absolute atomic E-state index is 12.5. The van der Waals surface area contributed by atoms with Gasteiger partial charge in [-0.15, -0.1) is 0 Å². The number of nitrogens with zero attached hydrogens (tertiary/aromatic N) is 2. The van der Waals surface area contributed by atoms with Gasteiger partial charge in [0.05, 0.1) is 22.3 Å². The van der Waals surface area contributed by atoms with E-state index in [-0.39, 0.29) is 11.9 Å². The highest BCUT2D eigenvalue weighted by atomic mass is 35.5. The van der Waals surface area contributed by atoms with Gasteiger partial charge in [0, 0.05) is 11.6 Å². The molecule has 0 aliphatic rings. The Balaban J connectivity index is 1.84. The highest BCUT2D eigenvalue weighted by Gasteiger charge is 2.15. The minimum Gasteiger partial charge on any atom is -0.343 e. The van der Waals surface area contributed by atoms with Crippen LogP contribution in [-0.4, -0.2) is 15.9 Å². The van der Waals surface area contributed by atoms with Crippen LogP contribution in [-0.2, 0) is 0 Å². The first-order chi connectivity index (χ1) is 11.0. The van der Waals surface area contributed by atoms with Crippen molar-refractivity contribution in [3.63, 3.8) is 0 Å². The number of para-hydroxylation sites is 1. The normalized spacial score (nSPS) is 12.1. The summed E-state index contributed by atoms with van der Waals surface area (Å²) in [5.74, 6) is -0.219. The lowest BCUT2D eigenvalue weighted by atomic mass is 10.1. The lowest BCUT2D eigenvalue weighted by Crippen LogP contribution is -2.28. The van der Waals surface area contributed by atoms with Crippen LogP contribution in [0.2, 0.25) is 5.02 Å². The summed E-state index contributed by atoms with van der Waals surface area (Å²) < 4.78 is 0. The zero-order valence-corrected chi connectivity index (χ0v) is 13.6. The molecular weight excluding hydrogens is 310 g/mol. The van der Waals surface area contributed by atoms with E-state index in [2.05, 4.69) is 15.3 Å². The van der Waals surface area contributed by atoms with Crippen LogP contribution in [0, 0.1) is 6.92 Å². The lowest BCUT2D eigenvalue weighted by Gasteiger charge is -2.14. The summed E-state index contributed by atoms with van der Waals surface area (Å²) in [5, 5.41) is 4.54. The number of hydrogen-bond acceptors (Lipinski definition) is 3. The SMILES string of the molecule is Cc1cc(C(=O)N[C@@H](C)c2ccc(Cl)cn2)nc2ccccc12. The van der Waals surface area contributed by atoms with Crippen LogP contribution in [0.25, 0.3) is 10.9 Å². The smallest absolute Gasteiger partial charge is 0.270 e. The number of aromatic nitrogens is 2. The molecule has 0 spiro atoms. The Kier molecular flexibility index (Phi) is 4.26. The van der Waals surface area contributed by atoms with Crippen molar-refractivity contribution in [1.29, 1.82) is 0 Å². The van der Waals surface area contributed by atoms with Crippen LogP contribution < -0.4 is 5.32 Å². The highest BCUT2D eigenvalue weighted by Crippen LogP contribution is 2.18. The minimum absolute atomic E-state index is 0.219. The molecule has 3 aromatic rings. The maximum atomic E-state index is 12.5. The molecule has 116 valence electrons. The maximum Gasteiger partial charge on any atom is 0.270 e. The number of halogens is 1. The second kappa shape index (κ2) is 6.34. The molecule has 0 saturated heterocycles. The summed E-state index contributed by atoms with van der Waals surface area (Å²) in [4.78, 5) is 21.1. The van der Waals surface area contributed by atoms with Gasteiger partial charge in [0.2, 0.25) is 0 Å². The van der Waals surface area contributed by atoms with Crippen molar-refractivity contribution in [3.8, 4) is 0 Å². The molecular formula is C18H16ClN3O. The number of carbonyl (C=O) groups excluding carboxylic acids is 1.